The largest absolute Gasteiger partial charge is 0.388 e. The number of hydrogen-bond donors (Lipinski definition) is 1. The zero-order chi connectivity index (χ0) is 13.9. The molecule has 7 heteroatoms. The standard InChI is InChI=1S/C13H16N4OS2/c1-8-6-19-12(15-8)4-11(14)17-18-5-10-7-20-13(16-10)9-2-3-9/h6-7,9H,2-5H2,1H3,(H2,14,17). The summed E-state index contributed by atoms with van der Waals surface area (Å²) in [6.07, 6.45) is 3.07. The summed E-state index contributed by atoms with van der Waals surface area (Å²) in [7, 11) is 0. The maximum Gasteiger partial charge on any atom is 0.160 e. The number of rotatable bonds is 6. The van der Waals surface area contributed by atoms with Crippen LogP contribution in [-0.4, -0.2) is 15.8 Å². The molecule has 0 amide bonds. The van der Waals surface area contributed by atoms with Crippen molar-refractivity contribution < 1.29 is 4.84 Å². The highest BCUT2D eigenvalue weighted by atomic mass is 32.1. The molecule has 0 atom stereocenters. The lowest BCUT2D eigenvalue weighted by Gasteiger charge is -1.99. The summed E-state index contributed by atoms with van der Waals surface area (Å²) in [5.74, 6) is 1.13. The summed E-state index contributed by atoms with van der Waals surface area (Å²) < 4.78 is 0. The van der Waals surface area contributed by atoms with Gasteiger partial charge >= 0.3 is 0 Å². The van der Waals surface area contributed by atoms with Crippen LogP contribution in [0, 0.1) is 6.92 Å². The SMILES string of the molecule is Cc1csc(C/C(N)=N\OCc2csc(C3CC3)n2)n1. The van der Waals surface area contributed by atoms with E-state index in [1.54, 1.807) is 22.7 Å². The first-order valence-electron chi connectivity index (χ1n) is 6.50. The van der Waals surface area contributed by atoms with Gasteiger partial charge < -0.3 is 10.6 Å². The summed E-state index contributed by atoms with van der Waals surface area (Å²) in [6, 6.07) is 0. The summed E-state index contributed by atoms with van der Waals surface area (Å²) >= 11 is 3.29. The number of nitrogens with two attached hydrogens (primary N) is 1. The molecule has 2 N–H and O–H groups in total. The third-order valence-corrected chi connectivity index (χ3v) is 4.91. The molecule has 0 aromatic carbocycles. The average molecular weight is 308 g/mol. The van der Waals surface area contributed by atoms with Gasteiger partial charge in [-0.25, -0.2) is 9.97 Å². The van der Waals surface area contributed by atoms with Crippen LogP contribution < -0.4 is 5.73 Å². The van der Waals surface area contributed by atoms with Gasteiger partial charge in [-0.3, -0.25) is 0 Å². The molecule has 2 aromatic rings. The van der Waals surface area contributed by atoms with Crippen LogP contribution in [0.1, 0.15) is 40.2 Å². The third-order valence-electron chi connectivity index (χ3n) is 2.89. The molecule has 2 aromatic heterocycles. The van der Waals surface area contributed by atoms with Crippen molar-refractivity contribution in [1.29, 1.82) is 0 Å². The highest BCUT2D eigenvalue weighted by molar-refractivity contribution is 7.10. The van der Waals surface area contributed by atoms with Gasteiger partial charge in [0.05, 0.1) is 17.1 Å². The van der Waals surface area contributed by atoms with Gasteiger partial charge in [-0.15, -0.1) is 22.7 Å². The van der Waals surface area contributed by atoms with E-state index in [0.29, 0.717) is 24.8 Å². The van der Waals surface area contributed by atoms with E-state index in [4.69, 9.17) is 10.6 Å². The Labute approximate surface area is 125 Å². The molecule has 2 heterocycles. The van der Waals surface area contributed by atoms with Crippen LogP contribution >= 0.6 is 22.7 Å². The first-order chi connectivity index (χ1) is 9.70. The zero-order valence-electron chi connectivity index (χ0n) is 11.2. The molecule has 0 spiro atoms. The van der Waals surface area contributed by atoms with Crippen molar-refractivity contribution in [2.75, 3.05) is 0 Å². The predicted octanol–water partition coefficient (Wildman–Crippen LogP) is 2.82. The Balaban J connectivity index is 1.48. The van der Waals surface area contributed by atoms with Gasteiger partial charge in [0, 0.05) is 22.4 Å². The monoisotopic (exact) mass is 308 g/mol. The number of nitrogens with zero attached hydrogens (tertiary/aromatic N) is 3. The first kappa shape index (κ1) is 13.5. The highest BCUT2D eigenvalue weighted by Crippen LogP contribution is 2.41. The van der Waals surface area contributed by atoms with Gasteiger partial charge in [0.2, 0.25) is 0 Å². The van der Waals surface area contributed by atoms with Gasteiger partial charge in [-0.05, 0) is 19.8 Å². The Hall–Kier alpha value is -1.47. The zero-order valence-corrected chi connectivity index (χ0v) is 12.8. The van der Waals surface area contributed by atoms with Crippen molar-refractivity contribution in [3.8, 4) is 0 Å². The second kappa shape index (κ2) is 5.88. The van der Waals surface area contributed by atoms with Crippen LogP contribution in [0.4, 0.5) is 0 Å². The molecule has 0 bridgehead atoms. The fraction of sp³-hybridized carbons (Fsp3) is 0.462. The van der Waals surface area contributed by atoms with E-state index in [1.165, 1.54) is 17.8 Å². The van der Waals surface area contributed by atoms with Gasteiger partial charge in [0.1, 0.15) is 10.8 Å². The van der Waals surface area contributed by atoms with Crippen LogP contribution in [0.2, 0.25) is 0 Å². The predicted molar refractivity (Wildman–Crippen MR) is 81.1 cm³/mol. The minimum Gasteiger partial charge on any atom is -0.388 e. The van der Waals surface area contributed by atoms with E-state index >= 15 is 0 Å². The van der Waals surface area contributed by atoms with Gasteiger partial charge in [0.25, 0.3) is 0 Å². The molecule has 5 nitrogen and oxygen atoms in total. The van der Waals surface area contributed by atoms with Gasteiger partial charge in [-0.2, -0.15) is 0 Å². The maximum atomic E-state index is 5.82. The molecule has 1 aliphatic carbocycles. The van der Waals surface area contributed by atoms with Crippen molar-refractivity contribution in [3.63, 3.8) is 0 Å². The number of thiazole rings is 2. The Kier molecular flexibility index (Phi) is 3.98. The minimum absolute atomic E-state index is 0.376. The van der Waals surface area contributed by atoms with Gasteiger partial charge in [0.15, 0.2) is 6.61 Å². The van der Waals surface area contributed by atoms with E-state index in [0.717, 1.165) is 16.4 Å². The maximum absolute atomic E-state index is 5.82. The van der Waals surface area contributed by atoms with Gasteiger partial charge in [-0.1, -0.05) is 5.16 Å². The molecule has 1 saturated carbocycles. The molecule has 20 heavy (non-hydrogen) atoms. The Bertz CT molecular complexity index is 615. The van der Waals surface area contributed by atoms with Crippen LogP contribution in [0.5, 0.6) is 0 Å². The number of aryl methyl sites for hydroxylation is 1. The highest BCUT2D eigenvalue weighted by Gasteiger charge is 2.26. The van der Waals surface area contributed by atoms with Crippen molar-refractivity contribution in [2.45, 2.75) is 38.7 Å². The Morgan fingerprint density at radius 1 is 1.40 bits per heavy atom. The molecule has 0 saturated heterocycles. The quantitative estimate of drug-likeness (QED) is 0.506. The lowest BCUT2D eigenvalue weighted by Crippen LogP contribution is -2.15. The number of amidine groups is 1. The van der Waals surface area contributed by atoms with E-state index < -0.39 is 0 Å². The summed E-state index contributed by atoms with van der Waals surface area (Å²) in [4.78, 5) is 14.1. The molecular formula is C13H16N4OS2. The third kappa shape index (κ3) is 3.55. The fourth-order valence-corrected chi connectivity index (χ4v) is 3.52. The van der Waals surface area contributed by atoms with Crippen molar-refractivity contribution in [3.05, 3.63) is 32.2 Å². The lowest BCUT2D eigenvalue weighted by atomic mass is 10.4. The Morgan fingerprint density at radius 2 is 2.25 bits per heavy atom. The molecule has 0 unspecified atom stereocenters. The lowest BCUT2D eigenvalue weighted by molar-refractivity contribution is 0.127. The number of aromatic nitrogens is 2. The molecule has 106 valence electrons. The van der Waals surface area contributed by atoms with Crippen LogP contribution in [0.3, 0.4) is 0 Å². The van der Waals surface area contributed by atoms with Crippen LogP contribution in [-0.2, 0) is 17.9 Å². The normalized spacial score (nSPS) is 15.6. The van der Waals surface area contributed by atoms with Crippen molar-refractivity contribution in [1.82, 2.24) is 9.97 Å². The van der Waals surface area contributed by atoms with E-state index in [-0.39, 0.29) is 0 Å². The van der Waals surface area contributed by atoms with E-state index in [2.05, 4.69) is 15.1 Å². The number of hydrogen-bond acceptors (Lipinski definition) is 6. The fourth-order valence-electron chi connectivity index (χ4n) is 1.76. The molecule has 1 aliphatic rings. The second-order valence-corrected chi connectivity index (χ2v) is 6.70. The topological polar surface area (TPSA) is 73.4 Å². The molecule has 0 radical (unpaired) electrons. The summed E-state index contributed by atoms with van der Waals surface area (Å²) in [6.45, 7) is 2.34. The molecular weight excluding hydrogens is 292 g/mol. The minimum atomic E-state index is 0.376. The number of oxime groups is 1. The second-order valence-electron chi connectivity index (χ2n) is 4.87. The van der Waals surface area contributed by atoms with E-state index in [9.17, 15) is 0 Å². The summed E-state index contributed by atoms with van der Waals surface area (Å²) in [5, 5.41) is 10.1. The van der Waals surface area contributed by atoms with Crippen molar-refractivity contribution >= 4 is 28.5 Å². The summed E-state index contributed by atoms with van der Waals surface area (Å²) in [5.41, 5.74) is 7.75. The smallest absolute Gasteiger partial charge is 0.160 e. The van der Waals surface area contributed by atoms with Crippen molar-refractivity contribution in [2.24, 2.45) is 10.9 Å². The first-order valence-corrected chi connectivity index (χ1v) is 8.26. The van der Waals surface area contributed by atoms with Crippen LogP contribution in [0.15, 0.2) is 15.9 Å². The average Bonchev–Trinajstić information content (AvgIpc) is 3.03. The molecule has 3 rings (SSSR count). The van der Waals surface area contributed by atoms with Crippen LogP contribution in [0.25, 0.3) is 0 Å². The Morgan fingerprint density at radius 3 is 2.95 bits per heavy atom. The van der Waals surface area contributed by atoms with E-state index in [1.807, 2.05) is 17.7 Å². The molecule has 0 aliphatic heterocycles. The molecule has 1 fully saturated rings.